The van der Waals surface area contributed by atoms with Gasteiger partial charge in [0.05, 0.1) is 26.8 Å². The molecule has 1 fully saturated rings. The molecule has 1 aliphatic heterocycles. The molecule has 0 spiro atoms. The summed E-state index contributed by atoms with van der Waals surface area (Å²) in [6, 6.07) is 11.9. The molecule has 1 heterocycles. The Morgan fingerprint density at radius 3 is 2.38 bits per heavy atom. The molecule has 2 aromatic rings. The fourth-order valence-electron chi connectivity index (χ4n) is 3.56. The van der Waals surface area contributed by atoms with Crippen LogP contribution < -0.4 is 19.7 Å². The Morgan fingerprint density at radius 2 is 1.76 bits per heavy atom. The number of amides is 1. The predicted octanol–water partition coefficient (Wildman–Crippen LogP) is 2.84. The van der Waals surface area contributed by atoms with E-state index in [0.717, 1.165) is 43.2 Å². The molecule has 2 aromatic carbocycles. The van der Waals surface area contributed by atoms with Crippen molar-refractivity contribution in [3.8, 4) is 11.5 Å². The molecule has 0 saturated carbocycles. The van der Waals surface area contributed by atoms with E-state index in [2.05, 4.69) is 15.1 Å². The number of ether oxygens (including phenoxy) is 2. The van der Waals surface area contributed by atoms with E-state index in [1.54, 1.807) is 26.4 Å². The summed E-state index contributed by atoms with van der Waals surface area (Å²) in [5, 5.41) is 3.05. The van der Waals surface area contributed by atoms with Crippen molar-refractivity contribution in [3.05, 3.63) is 53.8 Å². The van der Waals surface area contributed by atoms with Crippen LogP contribution in [-0.2, 0) is 4.79 Å². The highest BCUT2D eigenvalue weighted by Crippen LogP contribution is 2.29. The van der Waals surface area contributed by atoms with Gasteiger partial charge in [0.2, 0.25) is 5.91 Å². The van der Waals surface area contributed by atoms with Gasteiger partial charge in [0, 0.05) is 37.4 Å². The lowest BCUT2D eigenvalue weighted by atomic mass is 10.1. The third-order valence-electron chi connectivity index (χ3n) is 5.21. The highest BCUT2D eigenvalue weighted by Gasteiger charge is 2.21. The molecule has 0 radical (unpaired) electrons. The molecule has 1 saturated heterocycles. The van der Waals surface area contributed by atoms with Gasteiger partial charge < -0.3 is 19.7 Å². The zero-order valence-electron chi connectivity index (χ0n) is 17.2. The molecule has 0 aromatic heterocycles. The molecule has 0 aliphatic carbocycles. The minimum atomic E-state index is -0.231. The van der Waals surface area contributed by atoms with Crippen molar-refractivity contribution < 1.29 is 18.7 Å². The van der Waals surface area contributed by atoms with E-state index in [4.69, 9.17) is 9.47 Å². The molecule has 3 rings (SSSR count). The Hall–Kier alpha value is -2.80. The Labute approximate surface area is 171 Å². The molecular weight excluding hydrogens is 373 g/mol. The third kappa shape index (κ3) is 5.38. The van der Waals surface area contributed by atoms with Crippen molar-refractivity contribution in [1.29, 1.82) is 0 Å². The summed E-state index contributed by atoms with van der Waals surface area (Å²) in [4.78, 5) is 16.9. The molecular formula is C22H28FN3O3. The molecule has 6 nitrogen and oxygen atoms in total. The number of piperazine rings is 1. The van der Waals surface area contributed by atoms with Gasteiger partial charge in [-0.15, -0.1) is 0 Å². The Kier molecular flexibility index (Phi) is 6.93. The summed E-state index contributed by atoms with van der Waals surface area (Å²) < 4.78 is 23.8. The zero-order valence-corrected chi connectivity index (χ0v) is 17.2. The molecule has 156 valence electrons. The predicted molar refractivity (Wildman–Crippen MR) is 111 cm³/mol. The summed E-state index contributed by atoms with van der Waals surface area (Å²) in [5.74, 6) is 1.17. The lowest BCUT2D eigenvalue weighted by Gasteiger charge is -2.35. The van der Waals surface area contributed by atoms with E-state index in [1.807, 2.05) is 25.1 Å². The van der Waals surface area contributed by atoms with Crippen LogP contribution in [-0.4, -0.2) is 57.8 Å². The molecule has 7 heteroatoms. The Balaban J connectivity index is 1.52. The largest absolute Gasteiger partial charge is 0.497 e. The van der Waals surface area contributed by atoms with Gasteiger partial charge in [-0.3, -0.25) is 9.69 Å². The average Bonchev–Trinajstić information content (AvgIpc) is 2.74. The average molecular weight is 401 g/mol. The molecule has 29 heavy (non-hydrogen) atoms. The number of nitrogens with one attached hydrogen (secondary N) is 1. The second-order valence-electron chi connectivity index (χ2n) is 7.14. The maximum atomic E-state index is 13.1. The van der Waals surface area contributed by atoms with Crippen molar-refractivity contribution in [3.63, 3.8) is 0 Å². The lowest BCUT2D eigenvalue weighted by molar-refractivity contribution is -0.123. The summed E-state index contributed by atoms with van der Waals surface area (Å²) in [5.41, 5.74) is 1.88. The number of anilines is 1. The van der Waals surface area contributed by atoms with Crippen LogP contribution in [0.25, 0.3) is 0 Å². The van der Waals surface area contributed by atoms with E-state index < -0.39 is 0 Å². The number of hydrogen-bond acceptors (Lipinski definition) is 5. The highest BCUT2D eigenvalue weighted by molar-refractivity contribution is 5.78. The standard InChI is InChI=1S/C22H28FN3O3/c1-16(20-14-19(28-2)8-9-21(20)29-3)24-22(27)15-25-10-12-26(13-11-25)18-6-4-17(23)5-7-18/h4-9,14,16H,10-13,15H2,1-3H3,(H,24,27)/t16-/m1/s1. The summed E-state index contributed by atoms with van der Waals surface area (Å²) in [6.45, 7) is 5.44. The molecule has 1 aliphatic rings. The van der Waals surface area contributed by atoms with Gasteiger partial charge in [-0.05, 0) is 49.4 Å². The maximum Gasteiger partial charge on any atom is 0.234 e. The number of halogens is 1. The second kappa shape index (κ2) is 9.60. The number of carbonyl (C=O) groups is 1. The SMILES string of the molecule is COc1ccc(OC)c([C@@H](C)NC(=O)CN2CCN(c3ccc(F)cc3)CC2)c1. The van der Waals surface area contributed by atoms with Crippen LogP contribution >= 0.6 is 0 Å². The van der Waals surface area contributed by atoms with Crippen LogP contribution in [0.5, 0.6) is 11.5 Å². The van der Waals surface area contributed by atoms with Gasteiger partial charge >= 0.3 is 0 Å². The summed E-state index contributed by atoms with van der Waals surface area (Å²) in [7, 11) is 3.22. The first kappa shape index (κ1) is 20.9. The lowest BCUT2D eigenvalue weighted by Crippen LogP contribution is -2.49. The van der Waals surface area contributed by atoms with Crippen molar-refractivity contribution in [2.45, 2.75) is 13.0 Å². The fourth-order valence-corrected chi connectivity index (χ4v) is 3.56. The Bertz CT molecular complexity index is 821. The molecule has 1 amide bonds. The van der Waals surface area contributed by atoms with Gasteiger partial charge in [0.1, 0.15) is 17.3 Å². The fraction of sp³-hybridized carbons (Fsp3) is 0.409. The number of rotatable bonds is 7. The van der Waals surface area contributed by atoms with Crippen molar-refractivity contribution >= 4 is 11.6 Å². The van der Waals surface area contributed by atoms with Crippen molar-refractivity contribution in [2.75, 3.05) is 51.8 Å². The maximum absolute atomic E-state index is 13.1. The van der Waals surface area contributed by atoms with Gasteiger partial charge in [0.15, 0.2) is 0 Å². The van der Waals surface area contributed by atoms with Crippen LogP contribution in [0.2, 0.25) is 0 Å². The molecule has 1 atom stereocenters. The van der Waals surface area contributed by atoms with E-state index >= 15 is 0 Å². The molecule has 1 N–H and O–H groups in total. The summed E-state index contributed by atoms with van der Waals surface area (Å²) >= 11 is 0. The van der Waals surface area contributed by atoms with Crippen LogP contribution in [0.3, 0.4) is 0 Å². The first-order valence-electron chi connectivity index (χ1n) is 9.74. The van der Waals surface area contributed by atoms with Crippen molar-refractivity contribution in [2.24, 2.45) is 0 Å². The van der Waals surface area contributed by atoms with Crippen LogP contribution in [0, 0.1) is 5.82 Å². The topological polar surface area (TPSA) is 54.0 Å². The van der Waals surface area contributed by atoms with Gasteiger partial charge in [-0.25, -0.2) is 4.39 Å². The first-order valence-corrected chi connectivity index (χ1v) is 9.74. The van der Waals surface area contributed by atoms with Crippen LogP contribution in [0.15, 0.2) is 42.5 Å². The molecule has 0 unspecified atom stereocenters. The Morgan fingerprint density at radius 1 is 1.07 bits per heavy atom. The van der Waals surface area contributed by atoms with Crippen LogP contribution in [0.1, 0.15) is 18.5 Å². The quantitative estimate of drug-likeness (QED) is 0.773. The second-order valence-corrected chi connectivity index (χ2v) is 7.14. The number of nitrogens with zero attached hydrogens (tertiary/aromatic N) is 2. The minimum Gasteiger partial charge on any atom is -0.497 e. The smallest absolute Gasteiger partial charge is 0.234 e. The minimum absolute atomic E-state index is 0.0300. The molecule has 0 bridgehead atoms. The van der Waals surface area contributed by atoms with Gasteiger partial charge in [-0.2, -0.15) is 0 Å². The highest BCUT2D eigenvalue weighted by atomic mass is 19.1. The monoisotopic (exact) mass is 401 g/mol. The van der Waals surface area contributed by atoms with E-state index in [-0.39, 0.29) is 17.8 Å². The van der Waals surface area contributed by atoms with Gasteiger partial charge in [0.25, 0.3) is 0 Å². The number of hydrogen-bond donors (Lipinski definition) is 1. The zero-order chi connectivity index (χ0) is 20.8. The van der Waals surface area contributed by atoms with Gasteiger partial charge in [-0.1, -0.05) is 0 Å². The van der Waals surface area contributed by atoms with E-state index in [1.165, 1.54) is 12.1 Å². The normalized spacial score (nSPS) is 15.7. The van der Waals surface area contributed by atoms with E-state index in [0.29, 0.717) is 12.3 Å². The number of carbonyl (C=O) groups excluding carboxylic acids is 1. The van der Waals surface area contributed by atoms with Crippen molar-refractivity contribution in [1.82, 2.24) is 10.2 Å². The third-order valence-corrected chi connectivity index (χ3v) is 5.21. The number of benzene rings is 2. The summed E-state index contributed by atoms with van der Waals surface area (Å²) in [6.07, 6.45) is 0. The number of methoxy groups -OCH3 is 2. The van der Waals surface area contributed by atoms with E-state index in [9.17, 15) is 9.18 Å². The first-order chi connectivity index (χ1) is 14.0. The van der Waals surface area contributed by atoms with Crippen LogP contribution in [0.4, 0.5) is 10.1 Å².